The fourth-order valence-electron chi connectivity index (χ4n) is 6.70. The summed E-state index contributed by atoms with van der Waals surface area (Å²) in [5, 5.41) is 9.04. The van der Waals surface area contributed by atoms with E-state index in [0.29, 0.717) is 17.7 Å². The average Bonchev–Trinajstić information content (AvgIpc) is 3.46. The van der Waals surface area contributed by atoms with Gasteiger partial charge in [0.15, 0.2) is 0 Å². The molecule has 0 unspecified atom stereocenters. The third kappa shape index (κ3) is 3.79. The van der Waals surface area contributed by atoms with Gasteiger partial charge in [0.2, 0.25) is 0 Å². The van der Waals surface area contributed by atoms with E-state index in [1.165, 1.54) is 38.2 Å². The number of furan rings is 1. The molecule has 0 saturated carbocycles. The van der Waals surface area contributed by atoms with E-state index in [4.69, 9.17) is 7.16 Å². The van der Waals surface area contributed by atoms with Crippen LogP contribution < -0.4 is 0 Å². The Morgan fingerprint density at radius 3 is 1.72 bits per heavy atom. The van der Waals surface area contributed by atoms with Crippen LogP contribution in [0.2, 0.25) is 0 Å². The first-order valence-electron chi connectivity index (χ1n) is 15.6. The van der Waals surface area contributed by atoms with Crippen molar-refractivity contribution in [3.63, 3.8) is 0 Å². The van der Waals surface area contributed by atoms with E-state index in [1.54, 1.807) is 6.07 Å². The lowest BCUT2D eigenvalue weighted by atomic mass is 9.85. The van der Waals surface area contributed by atoms with Crippen molar-refractivity contribution in [1.29, 1.82) is 0 Å². The summed E-state index contributed by atoms with van der Waals surface area (Å²) in [5.41, 5.74) is 8.49. The molecule has 0 amide bonds. The summed E-state index contributed by atoms with van der Waals surface area (Å²) in [7, 11) is 0. The molecule has 0 aliphatic heterocycles. The molecule has 0 bridgehead atoms. The Balaban J connectivity index is 1.24. The van der Waals surface area contributed by atoms with Crippen LogP contribution in [0.3, 0.4) is 0 Å². The highest BCUT2D eigenvalue weighted by molar-refractivity contribution is 6.22. The third-order valence-corrected chi connectivity index (χ3v) is 8.71. The lowest BCUT2D eigenvalue weighted by Crippen LogP contribution is -1.91. The van der Waals surface area contributed by atoms with E-state index in [2.05, 4.69) is 103 Å². The molecule has 1 aromatic heterocycles. The third-order valence-electron chi connectivity index (χ3n) is 8.71. The van der Waals surface area contributed by atoms with E-state index in [9.17, 15) is 0 Å². The zero-order valence-electron chi connectivity index (χ0n) is 25.3. The van der Waals surface area contributed by atoms with Gasteiger partial charge >= 0.3 is 0 Å². The van der Waals surface area contributed by atoms with Gasteiger partial charge in [0.1, 0.15) is 11.2 Å². The first-order chi connectivity index (χ1) is 22.1. The smallest absolute Gasteiger partial charge is 0.135 e. The number of benzene rings is 8. The van der Waals surface area contributed by atoms with Gasteiger partial charge in [-0.2, -0.15) is 0 Å². The van der Waals surface area contributed by atoms with Crippen molar-refractivity contribution in [2.45, 2.75) is 0 Å². The Morgan fingerprint density at radius 2 is 0.977 bits per heavy atom. The summed E-state index contributed by atoms with van der Waals surface area (Å²) in [4.78, 5) is 0. The lowest BCUT2D eigenvalue weighted by molar-refractivity contribution is 0.669. The molecule has 0 aliphatic carbocycles. The maximum atomic E-state index is 8.34. The fourth-order valence-corrected chi connectivity index (χ4v) is 6.70. The summed E-state index contributed by atoms with van der Waals surface area (Å²) in [6.45, 7) is 0. The first-order valence-corrected chi connectivity index (χ1v) is 14.6. The van der Waals surface area contributed by atoms with Gasteiger partial charge in [-0.1, -0.05) is 133 Å². The van der Waals surface area contributed by atoms with Crippen LogP contribution in [0.25, 0.3) is 87.6 Å². The first kappa shape index (κ1) is 22.0. The fraction of sp³-hybridized carbons (Fsp3) is 0. The number of para-hydroxylation sites is 1. The summed E-state index contributed by atoms with van der Waals surface area (Å²) >= 11 is 0. The van der Waals surface area contributed by atoms with Crippen LogP contribution in [0.5, 0.6) is 0 Å². The molecule has 0 N–H and O–H groups in total. The molecule has 1 nitrogen and oxygen atoms in total. The minimum absolute atomic E-state index is 0.403. The van der Waals surface area contributed by atoms with Gasteiger partial charge in [-0.05, 0) is 89.9 Å². The average molecular weight is 549 g/mol. The van der Waals surface area contributed by atoms with E-state index in [1.807, 2.05) is 36.4 Å². The Labute approximate surface area is 252 Å². The topological polar surface area (TPSA) is 13.1 Å². The Morgan fingerprint density at radius 1 is 0.372 bits per heavy atom. The Bertz CT molecular complexity index is 2550. The molecule has 0 radical (unpaired) electrons. The number of rotatable bonds is 3. The highest BCUT2D eigenvalue weighted by Gasteiger charge is 2.17. The molecule has 1 heteroatoms. The van der Waals surface area contributed by atoms with Crippen molar-refractivity contribution < 1.29 is 7.16 Å². The monoisotopic (exact) mass is 548 g/mol. The van der Waals surface area contributed by atoms with E-state index in [0.717, 1.165) is 43.8 Å². The summed E-state index contributed by atoms with van der Waals surface area (Å²) < 4.78 is 22.4. The zero-order chi connectivity index (χ0) is 30.1. The minimum Gasteiger partial charge on any atom is -0.456 e. The quantitative estimate of drug-likeness (QED) is 0.200. The van der Waals surface area contributed by atoms with Gasteiger partial charge in [-0.25, -0.2) is 0 Å². The number of hydrogen-bond donors (Lipinski definition) is 0. The van der Waals surface area contributed by atoms with Crippen LogP contribution in [0.15, 0.2) is 162 Å². The van der Waals surface area contributed by atoms with Gasteiger partial charge in [0, 0.05) is 10.8 Å². The van der Waals surface area contributed by atoms with Crippen molar-refractivity contribution in [1.82, 2.24) is 0 Å². The molecule has 8 aromatic carbocycles. The van der Waals surface area contributed by atoms with Gasteiger partial charge in [-0.3, -0.25) is 0 Å². The van der Waals surface area contributed by atoms with Crippen LogP contribution in [-0.2, 0) is 0 Å². The minimum atomic E-state index is 0.403. The molecule has 0 saturated heterocycles. The molecular formula is C42H26O. The van der Waals surface area contributed by atoms with Crippen molar-refractivity contribution in [2.24, 2.45) is 0 Å². The molecule has 9 aromatic rings. The van der Waals surface area contributed by atoms with Crippen molar-refractivity contribution in [3.05, 3.63) is 158 Å². The SMILES string of the molecule is [2H]c1ccc2cc(-c3ccc(-c4c5ccccc5c(-c5ccc6oc7c([2H])cccc7c6c5)c5ccccc45)cc3)ccc2c1. The van der Waals surface area contributed by atoms with Crippen molar-refractivity contribution in [2.75, 3.05) is 0 Å². The van der Waals surface area contributed by atoms with Gasteiger partial charge < -0.3 is 4.42 Å². The summed E-state index contributed by atoms with van der Waals surface area (Å²) in [6, 6.07) is 51.6. The lowest BCUT2D eigenvalue weighted by Gasteiger charge is -2.18. The maximum absolute atomic E-state index is 8.34. The predicted octanol–water partition coefficient (Wildman–Crippen LogP) is 12.0. The second kappa shape index (κ2) is 9.44. The van der Waals surface area contributed by atoms with Crippen molar-refractivity contribution >= 4 is 54.3 Å². The van der Waals surface area contributed by atoms with Crippen LogP contribution in [0.1, 0.15) is 2.74 Å². The highest BCUT2D eigenvalue weighted by Crippen LogP contribution is 2.45. The molecular weight excluding hydrogens is 520 g/mol. The van der Waals surface area contributed by atoms with Gasteiger partial charge in [0.25, 0.3) is 0 Å². The van der Waals surface area contributed by atoms with Crippen LogP contribution in [-0.4, -0.2) is 0 Å². The molecule has 0 spiro atoms. The Hall–Kier alpha value is -5.66. The molecule has 43 heavy (non-hydrogen) atoms. The standard InChI is InChI=1S/C42H26O/c1-2-10-30-25-31(22-19-27(30)9-1)28-17-20-29(21-18-28)41-34-12-3-5-14-36(34)42(37-15-6-4-13-35(37)41)32-23-24-40-38(26-32)33-11-7-8-16-39(33)43-40/h1-26H/i1D,16D. The highest BCUT2D eigenvalue weighted by atomic mass is 16.3. The predicted molar refractivity (Wildman–Crippen MR) is 183 cm³/mol. The van der Waals surface area contributed by atoms with E-state index >= 15 is 0 Å². The molecule has 0 aliphatic rings. The second-order valence-corrected chi connectivity index (χ2v) is 11.1. The maximum Gasteiger partial charge on any atom is 0.135 e. The number of fused-ring (bicyclic) bond motifs is 6. The van der Waals surface area contributed by atoms with Crippen molar-refractivity contribution in [3.8, 4) is 33.4 Å². The molecule has 1 heterocycles. The van der Waals surface area contributed by atoms with Gasteiger partial charge in [0.05, 0.1) is 2.74 Å². The van der Waals surface area contributed by atoms with Crippen LogP contribution >= 0.6 is 0 Å². The van der Waals surface area contributed by atoms with Crippen LogP contribution in [0, 0.1) is 0 Å². The Kier molecular flexibility index (Phi) is 4.83. The zero-order valence-corrected chi connectivity index (χ0v) is 23.3. The molecule has 0 atom stereocenters. The normalized spacial score (nSPS) is 12.4. The van der Waals surface area contributed by atoms with Crippen LogP contribution in [0.4, 0.5) is 0 Å². The molecule has 9 rings (SSSR count). The number of hydrogen-bond acceptors (Lipinski definition) is 1. The van der Waals surface area contributed by atoms with E-state index in [-0.39, 0.29) is 0 Å². The molecule has 200 valence electrons. The second-order valence-electron chi connectivity index (χ2n) is 11.1. The largest absolute Gasteiger partial charge is 0.456 e. The van der Waals surface area contributed by atoms with E-state index < -0.39 is 0 Å². The summed E-state index contributed by atoms with van der Waals surface area (Å²) in [6.07, 6.45) is 0. The van der Waals surface area contributed by atoms with Gasteiger partial charge in [-0.15, -0.1) is 0 Å². The molecule has 0 fully saturated rings. The summed E-state index contributed by atoms with van der Waals surface area (Å²) in [5.74, 6) is 0.